The molecule has 0 aromatic carbocycles. The van der Waals surface area contributed by atoms with Crippen LogP contribution in [0.3, 0.4) is 0 Å². The molecule has 0 aliphatic heterocycles. The van der Waals surface area contributed by atoms with Gasteiger partial charge in [-0.3, -0.25) is 9.59 Å². The van der Waals surface area contributed by atoms with E-state index in [0.717, 1.165) is 12.8 Å². The number of carbonyl (C=O) groups excluding carboxylic acids is 2. The molecule has 0 aliphatic rings. The van der Waals surface area contributed by atoms with E-state index >= 15 is 0 Å². The van der Waals surface area contributed by atoms with Crippen LogP contribution in [0.25, 0.3) is 0 Å². The first-order valence-corrected chi connectivity index (χ1v) is 8.95. The summed E-state index contributed by atoms with van der Waals surface area (Å²) in [5.74, 6) is -1.29. The van der Waals surface area contributed by atoms with Gasteiger partial charge in [0, 0.05) is 13.0 Å². The number of allylic oxidation sites excluding steroid dienone is 1. The van der Waals surface area contributed by atoms with Crippen molar-refractivity contribution in [2.24, 2.45) is 11.7 Å². The molecular formula is C18H34N2O3. The van der Waals surface area contributed by atoms with Crippen molar-refractivity contribution in [2.75, 3.05) is 13.2 Å². The predicted molar refractivity (Wildman–Crippen MR) is 93.8 cm³/mol. The molecule has 0 aromatic heterocycles. The molecule has 134 valence electrons. The topological polar surface area (TPSA) is 92.4 Å². The highest BCUT2D eigenvalue weighted by atomic mass is 16.3. The van der Waals surface area contributed by atoms with E-state index in [1.54, 1.807) is 6.08 Å². The zero-order valence-corrected chi connectivity index (χ0v) is 14.6. The Labute approximate surface area is 140 Å². The maximum Gasteiger partial charge on any atom is 0.227 e. The Bertz CT molecular complexity index is 343. The SMILES string of the molecule is CCCCCCCCCCC=CC(CC(N)=O)C(=O)NCCO. The molecule has 1 atom stereocenters. The minimum absolute atomic E-state index is 0.00515. The summed E-state index contributed by atoms with van der Waals surface area (Å²) in [7, 11) is 0. The predicted octanol–water partition coefficient (Wildman–Crippen LogP) is 2.67. The fourth-order valence-corrected chi connectivity index (χ4v) is 2.43. The highest BCUT2D eigenvalue weighted by molar-refractivity contribution is 5.86. The number of hydrogen-bond acceptors (Lipinski definition) is 3. The molecule has 5 heteroatoms. The number of primary amides is 1. The minimum Gasteiger partial charge on any atom is -0.395 e. The van der Waals surface area contributed by atoms with Gasteiger partial charge >= 0.3 is 0 Å². The van der Waals surface area contributed by atoms with Crippen LogP contribution in [-0.2, 0) is 9.59 Å². The quantitative estimate of drug-likeness (QED) is 0.319. The molecule has 23 heavy (non-hydrogen) atoms. The van der Waals surface area contributed by atoms with Crippen molar-refractivity contribution in [3.8, 4) is 0 Å². The number of rotatable bonds is 15. The van der Waals surface area contributed by atoms with Gasteiger partial charge in [0.25, 0.3) is 0 Å². The second kappa shape index (κ2) is 15.5. The number of unbranched alkanes of at least 4 members (excludes halogenated alkanes) is 8. The summed E-state index contributed by atoms with van der Waals surface area (Å²) in [6.45, 7) is 2.30. The Hall–Kier alpha value is -1.36. The fraction of sp³-hybridized carbons (Fsp3) is 0.778. The second-order valence-corrected chi connectivity index (χ2v) is 5.98. The van der Waals surface area contributed by atoms with E-state index < -0.39 is 11.8 Å². The van der Waals surface area contributed by atoms with Gasteiger partial charge in [-0.25, -0.2) is 0 Å². The van der Waals surface area contributed by atoms with E-state index in [0.29, 0.717) is 0 Å². The molecule has 0 bridgehead atoms. The summed E-state index contributed by atoms with van der Waals surface area (Å²) in [5.41, 5.74) is 5.18. The van der Waals surface area contributed by atoms with Crippen molar-refractivity contribution in [2.45, 2.75) is 71.1 Å². The lowest BCUT2D eigenvalue weighted by Crippen LogP contribution is -2.34. The molecule has 0 saturated heterocycles. The Morgan fingerprint density at radius 2 is 1.70 bits per heavy atom. The first-order valence-electron chi connectivity index (χ1n) is 8.95. The van der Waals surface area contributed by atoms with E-state index in [1.165, 1.54) is 44.9 Å². The number of hydrogen-bond donors (Lipinski definition) is 3. The highest BCUT2D eigenvalue weighted by Gasteiger charge is 2.17. The molecule has 0 saturated carbocycles. The standard InChI is InChI=1S/C18H34N2O3/c1-2-3-4-5-6-7-8-9-10-11-12-16(15-17(19)22)18(23)20-13-14-21/h11-12,16,21H,2-10,13-15H2,1H3,(H2,19,22)(H,20,23). The number of nitrogens with two attached hydrogens (primary N) is 1. The highest BCUT2D eigenvalue weighted by Crippen LogP contribution is 2.11. The lowest BCUT2D eigenvalue weighted by atomic mass is 10.0. The molecule has 2 amide bonds. The Kier molecular flexibility index (Phi) is 14.6. The molecule has 4 N–H and O–H groups in total. The third kappa shape index (κ3) is 14.0. The lowest BCUT2D eigenvalue weighted by molar-refractivity contribution is -0.127. The van der Waals surface area contributed by atoms with Gasteiger partial charge in [-0.1, -0.05) is 64.0 Å². The zero-order chi connectivity index (χ0) is 17.3. The summed E-state index contributed by atoms with van der Waals surface area (Å²) in [4.78, 5) is 22.9. The van der Waals surface area contributed by atoms with Crippen LogP contribution in [0.2, 0.25) is 0 Å². The summed E-state index contributed by atoms with van der Waals surface area (Å²) in [6.07, 6.45) is 14.8. The van der Waals surface area contributed by atoms with Crippen molar-refractivity contribution < 1.29 is 14.7 Å². The maximum absolute atomic E-state index is 11.8. The average molecular weight is 326 g/mol. The van der Waals surface area contributed by atoms with Crippen molar-refractivity contribution in [3.05, 3.63) is 12.2 Å². The first-order chi connectivity index (χ1) is 11.1. The van der Waals surface area contributed by atoms with Crippen LogP contribution in [-0.4, -0.2) is 30.1 Å². The largest absolute Gasteiger partial charge is 0.395 e. The first kappa shape index (κ1) is 21.6. The normalized spacial score (nSPS) is 12.4. The average Bonchev–Trinajstić information content (AvgIpc) is 2.52. The number of amides is 2. The summed E-state index contributed by atoms with van der Waals surface area (Å²) in [5, 5.41) is 11.3. The van der Waals surface area contributed by atoms with Gasteiger partial charge in [-0.15, -0.1) is 0 Å². The van der Waals surface area contributed by atoms with Gasteiger partial charge < -0.3 is 16.2 Å². The van der Waals surface area contributed by atoms with Gasteiger partial charge in [0.2, 0.25) is 11.8 Å². The van der Waals surface area contributed by atoms with Crippen LogP contribution in [0, 0.1) is 5.92 Å². The van der Waals surface area contributed by atoms with E-state index in [-0.39, 0.29) is 25.5 Å². The van der Waals surface area contributed by atoms with Gasteiger partial charge in [0.05, 0.1) is 12.5 Å². The fourth-order valence-electron chi connectivity index (χ4n) is 2.43. The molecule has 0 fully saturated rings. The van der Waals surface area contributed by atoms with Crippen molar-refractivity contribution >= 4 is 11.8 Å². The molecule has 0 heterocycles. The number of aliphatic hydroxyl groups excluding tert-OH is 1. The monoisotopic (exact) mass is 326 g/mol. The second-order valence-electron chi connectivity index (χ2n) is 5.98. The van der Waals surface area contributed by atoms with Crippen molar-refractivity contribution in [1.29, 1.82) is 0 Å². The van der Waals surface area contributed by atoms with Crippen LogP contribution in [0.5, 0.6) is 0 Å². The molecule has 5 nitrogen and oxygen atoms in total. The Morgan fingerprint density at radius 1 is 1.09 bits per heavy atom. The van der Waals surface area contributed by atoms with Gasteiger partial charge in [-0.05, 0) is 12.8 Å². The minimum atomic E-state index is -0.534. The summed E-state index contributed by atoms with van der Waals surface area (Å²) < 4.78 is 0. The van der Waals surface area contributed by atoms with Crippen LogP contribution < -0.4 is 11.1 Å². The Balaban J connectivity index is 3.87. The molecule has 0 radical (unpaired) electrons. The summed E-state index contributed by atoms with van der Waals surface area (Å²) >= 11 is 0. The molecule has 0 aliphatic carbocycles. The van der Waals surface area contributed by atoms with E-state index in [2.05, 4.69) is 12.2 Å². The van der Waals surface area contributed by atoms with Crippen LogP contribution in [0.4, 0.5) is 0 Å². The van der Waals surface area contributed by atoms with Crippen molar-refractivity contribution in [3.63, 3.8) is 0 Å². The van der Waals surface area contributed by atoms with Crippen LogP contribution in [0.1, 0.15) is 71.1 Å². The molecule has 1 unspecified atom stereocenters. The van der Waals surface area contributed by atoms with Gasteiger partial charge in [0.1, 0.15) is 0 Å². The maximum atomic E-state index is 11.8. The van der Waals surface area contributed by atoms with Crippen molar-refractivity contribution in [1.82, 2.24) is 5.32 Å². The number of nitrogens with one attached hydrogen (secondary N) is 1. The Morgan fingerprint density at radius 3 is 2.26 bits per heavy atom. The van der Waals surface area contributed by atoms with E-state index in [1.807, 2.05) is 6.08 Å². The third-order valence-electron chi connectivity index (χ3n) is 3.76. The van der Waals surface area contributed by atoms with E-state index in [4.69, 9.17) is 10.8 Å². The summed E-state index contributed by atoms with van der Waals surface area (Å²) in [6, 6.07) is 0. The van der Waals surface area contributed by atoms with Crippen LogP contribution >= 0.6 is 0 Å². The molecule has 0 spiro atoms. The smallest absolute Gasteiger partial charge is 0.227 e. The molecule has 0 rings (SSSR count). The number of carbonyl (C=O) groups is 2. The van der Waals surface area contributed by atoms with Gasteiger partial charge in [0.15, 0.2) is 0 Å². The third-order valence-corrected chi connectivity index (χ3v) is 3.76. The van der Waals surface area contributed by atoms with Gasteiger partial charge in [-0.2, -0.15) is 0 Å². The molecule has 0 aromatic rings. The number of aliphatic hydroxyl groups is 1. The zero-order valence-electron chi connectivity index (χ0n) is 14.6. The molecular weight excluding hydrogens is 292 g/mol. The van der Waals surface area contributed by atoms with Crippen LogP contribution in [0.15, 0.2) is 12.2 Å². The lowest BCUT2D eigenvalue weighted by Gasteiger charge is -2.10. The van der Waals surface area contributed by atoms with E-state index in [9.17, 15) is 9.59 Å².